The molecule has 1 fully saturated rings. The molecular formula is C19H19BrN2O3. The van der Waals surface area contributed by atoms with E-state index in [-0.39, 0.29) is 17.7 Å². The van der Waals surface area contributed by atoms with Crippen LogP contribution in [-0.4, -0.2) is 18.9 Å². The van der Waals surface area contributed by atoms with Crippen molar-refractivity contribution >= 4 is 33.4 Å². The van der Waals surface area contributed by atoms with Gasteiger partial charge in [-0.3, -0.25) is 9.59 Å². The van der Waals surface area contributed by atoms with Gasteiger partial charge in [0, 0.05) is 22.6 Å². The smallest absolute Gasteiger partial charge is 0.252 e. The molecule has 130 valence electrons. The highest BCUT2D eigenvalue weighted by Gasteiger charge is 2.29. The lowest BCUT2D eigenvalue weighted by atomic mass is 10.1. The summed E-state index contributed by atoms with van der Waals surface area (Å²) in [5, 5.41) is 5.80. The van der Waals surface area contributed by atoms with Crippen LogP contribution in [0.25, 0.3) is 0 Å². The van der Waals surface area contributed by atoms with E-state index in [9.17, 15) is 9.59 Å². The predicted molar refractivity (Wildman–Crippen MR) is 99.7 cm³/mol. The van der Waals surface area contributed by atoms with Crippen LogP contribution in [0.2, 0.25) is 0 Å². The number of halogens is 1. The number of carbonyl (C=O) groups excluding carboxylic acids is 2. The number of methoxy groups -OCH3 is 1. The Bertz CT molecular complexity index is 803. The van der Waals surface area contributed by atoms with Gasteiger partial charge < -0.3 is 15.4 Å². The lowest BCUT2D eigenvalue weighted by Crippen LogP contribution is -2.23. The second kappa shape index (κ2) is 7.70. The third kappa shape index (κ3) is 4.60. The first-order valence-corrected chi connectivity index (χ1v) is 8.87. The molecule has 0 spiro atoms. The SMILES string of the molecule is COc1ccc(Br)c(C(=O)NCc2cccc(NC(=O)C3CC3)c2)c1. The summed E-state index contributed by atoms with van der Waals surface area (Å²) in [6.07, 6.45) is 1.94. The van der Waals surface area contributed by atoms with Crippen molar-refractivity contribution in [3.8, 4) is 5.75 Å². The van der Waals surface area contributed by atoms with Crippen molar-refractivity contribution in [2.24, 2.45) is 5.92 Å². The summed E-state index contributed by atoms with van der Waals surface area (Å²) < 4.78 is 5.86. The minimum atomic E-state index is -0.196. The Kier molecular flexibility index (Phi) is 5.38. The lowest BCUT2D eigenvalue weighted by Gasteiger charge is -2.10. The van der Waals surface area contributed by atoms with Gasteiger partial charge >= 0.3 is 0 Å². The van der Waals surface area contributed by atoms with Gasteiger partial charge in [0.15, 0.2) is 0 Å². The van der Waals surface area contributed by atoms with Gasteiger partial charge in [-0.1, -0.05) is 12.1 Å². The summed E-state index contributed by atoms with van der Waals surface area (Å²) in [6.45, 7) is 0.371. The van der Waals surface area contributed by atoms with Crippen molar-refractivity contribution in [1.29, 1.82) is 0 Å². The minimum absolute atomic E-state index is 0.0708. The van der Waals surface area contributed by atoms with Gasteiger partial charge in [-0.25, -0.2) is 0 Å². The Labute approximate surface area is 154 Å². The molecule has 6 heteroatoms. The molecule has 3 rings (SSSR count). The van der Waals surface area contributed by atoms with Crippen molar-refractivity contribution in [1.82, 2.24) is 5.32 Å². The van der Waals surface area contributed by atoms with Crippen LogP contribution in [-0.2, 0) is 11.3 Å². The van der Waals surface area contributed by atoms with Crippen LogP contribution in [0.5, 0.6) is 5.75 Å². The number of carbonyl (C=O) groups is 2. The number of hydrogen-bond acceptors (Lipinski definition) is 3. The van der Waals surface area contributed by atoms with Gasteiger partial charge in [-0.15, -0.1) is 0 Å². The first kappa shape index (κ1) is 17.5. The van der Waals surface area contributed by atoms with Crippen molar-refractivity contribution in [3.63, 3.8) is 0 Å². The van der Waals surface area contributed by atoms with Gasteiger partial charge in [0.25, 0.3) is 5.91 Å². The van der Waals surface area contributed by atoms with Crippen LogP contribution < -0.4 is 15.4 Å². The molecule has 1 aliphatic rings. The highest BCUT2D eigenvalue weighted by Crippen LogP contribution is 2.30. The molecule has 0 unspecified atom stereocenters. The zero-order valence-corrected chi connectivity index (χ0v) is 15.4. The number of amides is 2. The molecule has 0 aliphatic heterocycles. The van der Waals surface area contributed by atoms with E-state index >= 15 is 0 Å². The second-order valence-corrected chi connectivity index (χ2v) is 6.85. The molecule has 2 aromatic carbocycles. The number of hydrogen-bond donors (Lipinski definition) is 2. The molecule has 25 heavy (non-hydrogen) atoms. The molecule has 0 aromatic heterocycles. The summed E-state index contributed by atoms with van der Waals surface area (Å²) in [5.41, 5.74) is 2.18. The van der Waals surface area contributed by atoms with E-state index < -0.39 is 0 Å². The average Bonchev–Trinajstić information content (AvgIpc) is 3.45. The third-order valence-corrected chi connectivity index (χ3v) is 4.71. The lowest BCUT2D eigenvalue weighted by molar-refractivity contribution is -0.117. The van der Waals surface area contributed by atoms with E-state index in [1.807, 2.05) is 24.3 Å². The molecule has 0 atom stereocenters. The fourth-order valence-electron chi connectivity index (χ4n) is 2.43. The van der Waals surface area contributed by atoms with Crippen molar-refractivity contribution < 1.29 is 14.3 Å². The highest BCUT2D eigenvalue weighted by atomic mass is 79.9. The van der Waals surface area contributed by atoms with Gasteiger partial charge in [0.1, 0.15) is 5.75 Å². The maximum absolute atomic E-state index is 12.4. The highest BCUT2D eigenvalue weighted by molar-refractivity contribution is 9.10. The fraction of sp³-hybridized carbons (Fsp3) is 0.263. The number of anilines is 1. The van der Waals surface area contributed by atoms with Crippen molar-refractivity contribution in [3.05, 3.63) is 58.1 Å². The normalized spacial score (nSPS) is 13.2. The van der Waals surface area contributed by atoms with E-state index in [2.05, 4.69) is 26.6 Å². The maximum Gasteiger partial charge on any atom is 0.252 e. The molecule has 5 nitrogen and oxygen atoms in total. The predicted octanol–water partition coefficient (Wildman–Crippen LogP) is 3.74. The van der Waals surface area contributed by atoms with Crippen LogP contribution >= 0.6 is 15.9 Å². The monoisotopic (exact) mass is 402 g/mol. The molecule has 0 radical (unpaired) electrons. The van der Waals surface area contributed by atoms with Crippen LogP contribution in [0.4, 0.5) is 5.69 Å². The second-order valence-electron chi connectivity index (χ2n) is 5.99. The number of benzene rings is 2. The molecule has 2 N–H and O–H groups in total. The van der Waals surface area contributed by atoms with E-state index in [0.717, 1.165) is 24.1 Å². The molecule has 0 heterocycles. The largest absolute Gasteiger partial charge is 0.497 e. The van der Waals surface area contributed by atoms with Gasteiger partial charge in [0.2, 0.25) is 5.91 Å². The third-order valence-electron chi connectivity index (χ3n) is 4.01. The quantitative estimate of drug-likeness (QED) is 0.773. The first-order valence-electron chi connectivity index (χ1n) is 8.08. The molecule has 0 saturated heterocycles. The minimum Gasteiger partial charge on any atom is -0.497 e. The summed E-state index contributed by atoms with van der Waals surface area (Å²) >= 11 is 3.38. The molecule has 2 aromatic rings. The molecule has 1 saturated carbocycles. The van der Waals surface area contributed by atoms with Gasteiger partial charge in [-0.2, -0.15) is 0 Å². The topological polar surface area (TPSA) is 67.4 Å². The Morgan fingerprint density at radius 3 is 2.72 bits per heavy atom. The van der Waals surface area contributed by atoms with Crippen LogP contribution in [0.3, 0.4) is 0 Å². The summed E-state index contributed by atoms with van der Waals surface area (Å²) in [4.78, 5) is 24.2. The van der Waals surface area contributed by atoms with Crippen LogP contribution in [0.15, 0.2) is 46.9 Å². The zero-order valence-electron chi connectivity index (χ0n) is 13.8. The van der Waals surface area contributed by atoms with Crippen molar-refractivity contribution in [2.75, 3.05) is 12.4 Å². The fourth-order valence-corrected chi connectivity index (χ4v) is 2.86. The Balaban J connectivity index is 1.63. The Morgan fingerprint density at radius 2 is 2.00 bits per heavy atom. The molecule has 2 amide bonds. The van der Waals surface area contributed by atoms with Gasteiger partial charge in [0.05, 0.1) is 12.7 Å². The van der Waals surface area contributed by atoms with E-state index in [0.29, 0.717) is 22.3 Å². The molecular weight excluding hydrogens is 384 g/mol. The standard InChI is InChI=1S/C19H19BrN2O3/c1-25-15-7-8-17(20)16(10-15)19(24)21-11-12-3-2-4-14(9-12)22-18(23)13-5-6-13/h2-4,7-10,13H,5-6,11H2,1H3,(H,21,24)(H,22,23). The van der Waals surface area contributed by atoms with Crippen LogP contribution in [0, 0.1) is 5.92 Å². The zero-order chi connectivity index (χ0) is 17.8. The number of nitrogens with one attached hydrogen (secondary N) is 2. The summed E-state index contributed by atoms with van der Waals surface area (Å²) in [6, 6.07) is 12.8. The van der Waals surface area contributed by atoms with E-state index in [1.165, 1.54) is 0 Å². The Morgan fingerprint density at radius 1 is 1.20 bits per heavy atom. The summed E-state index contributed by atoms with van der Waals surface area (Å²) in [7, 11) is 1.56. The molecule has 0 bridgehead atoms. The average molecular weight is 403 g/mol. The number of rotatable bonds is 6. The Hall–Kier alpha value is -2.34. The maximum atomic E-state index is 12.4. The van der Waals surface area contributed by atoms with E-state index in [4.69, 9.17) is 4.74 Å². The van der Waals surface area contributed by atoms with E-state index in [1.54, 1.807) is 25.3 Å². The van der Waals surface area contributed by atoms with Crippen molar-refractivity contribution in [2.45, 2.75) is 19.4 Å². The van der Waals surface area contributed by atoms with Crippen LogP contribution in [0.1, 0.15) is 28.8 Å². The van der Waals surface area contributed by atoms with Gasteiger partial charge in [-0.05, 0) is 64.7 Å². The summed E-state index contributed by atoms with van der Waals surface area (Å²) in [5.74, 6) is 0.659. The first-order chi connectivity index (χ1) is 12.1. The molecule has 1 aliphatic carbocycles. The number of ether oxygens (including phenoxy) is 1.